The normalized spacial score (nSPS) is 17.8. The standard InChI is InChI=1S/C14H15N3/c1-2-5-12(6-3-1)17-10-11-9-13-7-4-8-16(13)14(11)15-17/h4-5,7-8,10H,1-3,6,9H2. The van der Waals surface area contributed by atoms with Crippen molar-refractivity contribution in [2.24, 2.45) is 0 Å². The van der Waals surface area contributed by atoms with Crippen molar-refractivity contribution in [1.82, 2.24) is 14.3 Å². The molecule has 0 aromatic carbocycles. The molecule has 0 radical (unpaired) electrons. The molecule has 3 heterocycles. The highest BCUT2D eigenvalue weighted by Gasteiger charge is 2.22. The first-order valence-corrected chi connectivity index (χ1v) is 6.36. The van der Waals surface area contributed by atoms with Crippen LogP contribution in [0.15, 0.2) is 30.6 Å². The zero-order chi connectivity index (χ0) is 11.2. The minimum atomic E-state index is 1.02. The minimum absolute atomic E-state index is 1.02. The number of allylic oxidation sites excluding steroid dienone is 2. The number of hydrogen-bond acceptors (Lipinski definition) is 1. The van der Waals surface area contributed by atoms with E-state index in [1.807, 2.05) is 0 Å². The maximum absolute atomic E-state index is 4.74. The molecule has 17 heavy (non-hydrogen) atoms. The molecule has 2 aromatic heterocycles. The van der Waals surface area contributed by atoms with Gasteiger partial charge in [-0.25, -0.2) is 4.68 Å². The van der Waals surface area contributed by atoms with Crippen LogP contribution in [-0.4, -0.2) is 14.3 Å². The van der Waals surface area contributed by atoms with Crippen molar-refractivity contribution >= 4 is 5.70 Å². The summed E-state index contributed by atoms with van der Waals surface area (Å²) in [6.45, 7) is 0. The fourth-order valence-electron chi connectivity index (χ4n) is 2.87. The third-order valence-electron chi connectivity index (χ3n) is 3.76. The summed E-state index contributed by atoms with van der Waals surface area (Å²) in [7, 11) is 0. The Hall–Kier alpha value is -1.77. The number of aromatic nitrogens is 3. The van der Waals surface area contributed by atoms with Gasteiger partial charge in [0.2, 0.25) is 0 Å². The van der Waals surface area contributed by atoms with E-state index in [-0.39, 0.29) is 0 Å². The Morgan fingerprint density at radius 1 is 1.24 bits per heavy atom. The van der Waals surface area contributed by atoms with Crippen LogP contribution in [0.25, 0.3) is 11.5 Å². The van der Waals surface area contributed by atoms with Gasteiger partial charge in [-0.1, -0.05) is 6.08 Å². The van der Waals surface area contributed by atoms with Crippen molar-refractivity contribution in [3.8, 4) is 5.82 Å². The maximum atomic E-state index is 4.74. The van der Waals surface area contributed by atoms with E-state index in [4.69, 9.17) is 5.10 Å². The third-order valence-corrected chi connectivity index (χ3v) is 3.76. The quantitative estimate of drug-likeness (QED) is 0.624. The van der Waals surface area contributed by atoms with Crippen LogP contribution in [-0.2, 0) is 6.42 Å². The average Bonchev–Trinajstić information content (AvgIpc) is 3.00. The molecule has 1 aliphatic heterocycles. The smallest absolute Gasteiger partial charge is 0.162 e. The van der Waals surface area contributed by atoms with Gasteiger partial charge in [-0.2, -0.15) is 0 Å². The summed E-state index contributed by atoms with van der Waals surface area (Å²) >= 11 is 0. The molecule has 0 atom stereocenters. The highest BCUT2D eigenvalue weighted by Crippen LogP contribution is 2.29. The second kappa shape index (κ2) is 3.36. The molecule has 0 unspecified atom stereocenters. The number of fused-ring (bicyclic) bond motifs is 3. The first kappa shape index (κ1) is 9.28. The Kier molecular flexibility index (Phi) is 1.83. The monoisotopic (exact) mass is 225 g/mol. The summed E-state index contributed by atoms with van der Waals surface area (Å²) in [6.07, 6.45) is 12.7. The van der Waals surface area contributed by atoms with Gasteiger partial charge >= 0.3 is 0 Å². The van der Waals surface area contributed by atoms with Crippen molar-refractivity contribution in [1.29, 1.82) is 0 Å². The SMILES string of the molecule is C1=C(n2cc3c(n2)-n2cccc2C3)CCCC1. The van der Waals surface area contributed by atoms with Gasteiger partial charge in [0.05, 0.1) is 0 Å². The molecule has 0 bridgehead atoms. The van der Waals surface area contributed by atoms with Gasteiger partial charge in [0, 0.05) is 35.8 Å². The third kappa shape index (κ3) is 1.32. The first-order valence-electron chi connectivity index (χ1n) is 6.36. The fourth-order valence-corrected chi connectivity index (χ4v) is 2.87. The largest absolute Gasteiger partial charge is 0.304 e. The Morgan fingerprint density at radius 3 is 3.12 bits per heavy atom. The van der Waals surface area contributed by atoms with Gasteiger partial charge in [-0.15, -0.1) is 5.10 Å². The Bertz CT molecular complexity index is 601. The van der Waals surface area contributed by atoms with Crippen molar-refractivity contribution in [3.05, 3.63) is 41.9 Å². The van der Waals surface area contributed by atoms with Crippen molar-refractivity contribution < 1.29 is 0 Å². The highest BCUT2D eigenvalue weighted by atomic mass is 15.3. The van der Waals surface area contributed by atoms with E-state index in [2.05, 4.69) is 39.9 Å². The fraction of sp³-hybridized carbons (Fsp3) is 0.357. The average molecular weight is 225 g/mol. The van der Waals surface area contributed by atoms with Crippen LogP contribution in [0.5, 0.6) is 0 Å². The molecule has 3 heteroatoms. The number of rotatable bonds is 1. The van der Waals surface area contributed by atoms with Crippen LogP contribution in [0, 0.1) is 0 Å². The Morgan fingerprint density at radius 2 is 2.24 bits per heavy atom. The molecule has 3 nitrogen and oxygen atoms in total. The minimum Gasteiger partial charge on any atom is -0.304 e. The number of hydrogen-bond donors (Lipinski definition) is 0. The molecule has 0 fully saturated rings. The van der Waals surface area contributed by atoms with Crippen LogP contribution in [0.1, 0.15) is 36.9 Å². The molecule has 86 valence electrons. The lowest BCUT2D eigenvalue weighted by Crippen LogP contribution is -2.03. The molecular weight excluding hydrogens is 210 g/mol. The van der Waals surface area contributed by atoms with Crippen LogP contribution >= 0.6 is 0 Å². The van der Waals surface area contributed by atoms with E-state index >= 15 is 0 Å². The van der Waals surface area contributed by atoms with E-state index in [0.717, 1.165) is 12.2 Å². The molecule has 2 aromatic rings. The van der Waals surface area contributed by atoms with Crippen LogP contribution < -0.4 is 0 Å². The lowest BCUT2D eigenvalue weighted by atomic mass is 10.1. The molecule has 1 aliphatic carbocycles. The second-order valence-corrected chi connectivity index (χ2v) is 4.91. The second-order valence-electron chi connectivity index (χ2n) is 4.91. The van der Waals surface area contributed by atoms with Crippen molar-refractivity contribution in [2.45, 2.75) is 32.1 Å². The number of nitrogens with zero attached hydrogens (tertiary/aromatic N) is 3. The zero-order valence-corrected chi connectivity index (χ0v) is 9.76. The van der Waals surface area contributed by atoms with Gasteiger partial charge in [-0.05, 0) is 37.8 Å². The van der Waals surface area contributed by atoms with Crippen LogP contribution in [0.4, 0.5) is 0 Å². The van der Waals surface area contributed by atoms with Gasteiger partial charge in [0.1, 0.15) is 0 Å². The summed E-state index contributed by atoms with van der Waals surface area (Å²) in [6, 6.07) is 4.27. The summed E-state index contributed by atoms with van der Waals surface area (Å²) < 4.78 is 4.29. The van der Waals surface area contributed by atoms with Gasteiger partial charge in [-0.3, -0.25) is 0 Å². The van der Waals surface area contributed by atoms with Gasteiger partial charge < -0.3 is 4.57 Å². The molecule has 0 saturated heterocycles. The molecule has 0 spiro atoms. The Labute approximate surface area is 100 Å². The molecule has 0 amide bonds. The van der Waals surface area contributed by atoms with Gasteiger partial charge in [0.25, 0.3) is 0 Å². The molecular formula is C14H15N3. The summed E-state index contributed by atoms with van der Waals surface area (Å²) in [5.41, 5.74) is 4.08. The summed E-state index contributed by atoms with van der Waals surface area (Å²) in [5.74, 6) is 1.12. The zero-order valence-electron chi connectivity index (χ0n) is 9.76. The van der Waals surface area contributed by atoms with E-state index < -0.39 is 0 Å². The molecule has 0 saturated carbocycles. The van der Waals surface area contributed by atoms with E-state index in [1.165, 1.54) is 42.6 Å². The maximum Gasteiger partial charge on any atom is 0.162 e. The predicted octanol–water partition coefficient (Wildman–Crippen LogP) is 2.99. The van der Waals surface area contributed by atoms with Crippen molar-refractivity contribution in [3.63, 3.8) is 0 Å². The first-order chi connectivity index (χ1) is 8.42. The predicted molar refractivity (Wildman–Crippen MR) is 67.1 cm³/mol. The van der Waals surface area contributed by atoms with Crippen LogP contribution in [0.3, 0.4) is 0 Å². The van der Waals surface area contributed by atoms with E-state index in [9.17, 15) is 0 Å². The van der Waals surface area contributed by atoms with Crippen molar-refractivity contribution in [2.75, 3.05) is 0 Å². The van der Waals surface area contributed by atoms with E-state index in [0.29, 0.717) is 0 Å². The molecule has 0 N–H and O–H groups in total. The lowest BCUT2D eigenvalue weighted by Gasteiger charge is -2.12. The highest BCUT2D eigenvalue weighted by molar-refractivity contribution is 5.51. The van der Waals surface area contributed by atoms with Crippen LogP contribution in [0.2, 0.25) is 0 Å². The molecule has 4 rings (SSSR count). The summed E-state index contributed by atoms with van der Waals surface area (Å²) in [5, 5.41) is 4.74. The van der Waals surface area contributed by atoms with E-state index in [1.54, 1.807) is 0 Å². The molecule has 2 aliphatic rings. The van der Waals surface area contributed by atoms with Gasteiger partial charge in [0.15, 0.2) is 5.82 Å². The lowest BCUT2D eigenvalue weighted by molar-refractivity contribution is 0.695. The Balaban J connectivity index is 1.78. The topological polar surface area (TPSA) is 22.8 Å². The summed E-state index contributed by atoms with van der Waals surface area (Å²) in [4.78, 5) is 0.